The summed E-state index contributed by atoms with van der Waals surface area (Å²) in [7, 11) is 4.83. The summed E-state index contributed by atoms with van der Waals surface area (Å²) in [5.74, 6) is 2.17. The predicted molar refractivity (Wildman–Crippen MR) is 106 cm³/mol. The van der Waals surface area contributed by atoms with Crippen LogP contribution in [0.4, 0.5) is 11.6 Å². The highest BCUT2D eigenvalue weighted by Gasteiger charge is 2.37. The van der Waals surface area contributed by atoms with Crippen LogP contribution in [0.1, 0.15) is 25.7 Å². The third-order valence-corrected chi connectivity index (χ3v) is 5.72. The number of nitrogens with zero attached hydrogens (tertiary/aromatic N) is 6. The zero-order valence-corrected chi connectivity index (χ0v) is 16.5. The molecular formula is C19H26N6O3. The molecule has 4 rings (SSSR count). The van der Waals surface area contributed by atoms with Gasteiger partial charge in [-0.3, -0.25) is 13.9 Å². The van der Waals surface area contributed by atoms with E-state index in [-0.39, 0.29) is 11.2 Å². The average molecular weight is 386 g/mol. The van der Waals surface area contributed by atoms with E-state index in [0.717, 1.165) is 36.3 Å². The molecule has 2 fully saturated rings. The Bertz CT molecular complexity index is 972. The number of aromatic nitrogens is 4. The van der Waals surface area contributed by atoms with Gasteiger partial charge in [0.2, 0.25) is 5.88 Å². The Labute approximate surface area is 163 Å². The maximum Gasteiger partial charge on any atom is 0.332 e. The Morgan fingerprint density at radius 1 is 1.00 bits per heavy atom. The van der Waals surface area contributed by atoms with E-state index >= 15 is 0 Å². The van der Waals surface area contributed by atoms with Gasteiger partial charge in [0, 0.05) is 51.4 Å². The van der Waals surface area contributed by atoms with E-state index in [2.05, 4.69) is 19.8 Å². The van der Waals surface area contributed by atoms with Crippen molar-refractivity contribution < 1.29 is 4.74 Å². The average Bonchev–Trinajstić information content (AvgIpc) is 3.55. The van der Waals surface area contributed by atoms with Gasteiger partial charge in [-0.25, -0.2) is 14.8 Å². The molecule has 0 amide bonds. The Hall–Kier alpha value is -2.84. The van der Waals surface area contributed by atoms with Crippen LogP contribution >= 0.6 is 0 Å². The second kappa shape index (κ2) is 7.29. The van der Waals surface area contributed by atoms with Crippen molar-refractivity contribution in [3.05, 3.63) is 39.3 Å². The third-order valence-electron chi connectivity index (χ3n) is 5.72. The number of ether oxygens (including phenoxy) is 1. The van der Waals surface area contributed by atoms with Crippen molar-refractivity contribution in [1.29, 1.82) is 0 Å². The van der Waals surface area contributed by atoms with Crippen molar-refractivity contribution >= 4 is 11.6 Å². The molecule has 0 unspecified atom stereocenters. The highest BCUT2D eigenvalue weighted by Crippen LogP contribution is 2.36. The van der Waals surface area contributed by atoms with Crippen molar-refractivity contribution in [3.63, 3.8) is 0 Å². The van der Waals surface area contributed by atoms with Crippen LogP contribution in [0.2, 0.25) is 0 Å². The maximum atomic E-state index is 12.2. The Kier molecular flexibility index (Phi) is 4.82. The van der Waals surface area contributed by atoms with E-state index in [9.17, 15) is 9.59 Å². The van der Waals surface area contributed by atoms with Crippen LogP contribution in [0.15, 0.2) is 28.0 Å². The highest BCUT2D eigenvalue weighted by atomic mass is 16.5. The fraction of sp³-hybridized carbons (Fsp3) is 0.579. The highest BCUT2D eigenvalue weighted by molar-refractivity contribution is 5.46. The van der Waals surface area contributed by atoms with Gasteiger partial charge in [-0.15, -0.1) is 0 Å². The van der Waals surface area contributed by atoms with Gasteiger partial charge in [0.1, 0.15) is 18.0 Å². The second-order valence-corrected chi connectivity index (χ2v) is 7.52. The first-order valence-electron chi connectivity index (χ1n) is 9.66. The summed E-state index contributed by atoms with van der Waals surface area (Å²) in [4.78, 5) is 37.4. The summed E-state index contributed by atoms with van der Waals surface area (Å²) < 4.78 is 7.95. The number of rotatable bonds is 5. The zero-order chi connectivity index (χ0) is 19.8. The Morgan fingerprint density at radius 2 is 1.68 bits per heavy atom. The maximum absolute atomic E-state index is 12.2. The molecule has 0 N–H and O–H groups in total. The van der Waals surface area contributed by atoms with Crippen molar-refractivity contribution in [1.82, 2.24) is 19.1 Å². The van der Waals surface area contributed by atoms with Gasteiger partial charge in [0.05, 0.1) is 7.11 Å². The number of methoxy groups -OCH3 is 1. The Balaban J connectivity index is 1.53. The van der Waals surface area contributed by atoms with E-state index in [1.54, 1.807) is 31.1 Å². The van der Waals surface area contributed by atoms with Gasteiger partial charge >= 0.3 is 5.69 Å². The molecule has 2 aromatic heterocycles. The monoisotopic (exact) mass is 386 g/mol. The molecule has 2 aliphatic rings. The summed E-state index contributed by atoms with van der Waals surface area (Å²) >= 11 is 0. The molecule has 0 bridgehead atoms. The van der Waals surface area contributed by atoms with E-state index in [0.29, 0.717) is 23.8 Å². The SMILES string of the molecule is COc1cc(N(C2CC2)C2CCN(c3cc(=O)n(C)c(=O)n3C)CC2)ncn1. The van der Waals surface area contributed by atoms with E-state index in [1.165, 1.54) is 19.9 Å². The van der Waals surface area contributed by atoms with Crippen LogP contribution in [0.25, 0.3) is 0 Å². The Morgan fingerprint density at radius 3 is 2.32 bits per heavy atom. The number of anilines is 2. The van der Waals surface area contributed by atoms with Crippen molar-refractivity contribution in [2.75, 3.05) is 30.0 Å². The lowest BCUT2D eigenvalue weighted by Gasteiger charge is -2.40. The van der Waals surface area contributed by atoms with Crippen LogP contribution in [-0.4, -0.2) is 51.4 Å². The lowest BCUT2D eigenvalue weighted by atomic mass is 10.0. The smallest absolute Gasteiger partial charge is 0.332 e. The first kappa shape index (κ1) is 18.5. The third kappa shape index (κ3) is 3.36. The molecule has 150 valence electrons. The molecule has 0 spiro atoms. The lowest BCUT2D eigenvalue weighted by molar-refractivity contribution is 0.395. The van der Waals surface area contributed by atoms with E-state index in [4.69, 9.17) is 4.74 Å². The van der Waals surface area contributed by atoms with Crippen molar-refractivity contribution in [2.45, 2.75) is 37.8 Å². The second-order valence-electron chi connectivity index (χ2n) is 7.52. The summed E-state index contributed by atoms with van der Waals surface area (Å²) in [5.41, 5.74) is -0.565. The van der Waals surface area contributed by atoms with Gasteiger partial charge < -0.3 is 14.5 Å². The molecule has 0 radical (unpaired) electrons. The molecule has 2 aromatic rings. The molecule has 9 nitrogen and oxygen atoms in total. The minimum atomic E-state index is -0.294. The predicted octanol–water partition coefficient (Wildman–Crippen LogP) is 0.520. The van der Waals surface area contributed by atoms with Gasteiger partial charge in [0.15, 0.2) is 0 Å². The first-order valence-corrected chi connectivity index (χ1v) is 9.66. The normalized spacial score (nSPS) is 17.6. The van der Waals surface area contributed by atoms with Crippen LogP contribution in [0.3, 0.4) is 0 Å². The number of hydrogen-bond acceptors (Lipinski definition) is 7. The fourth-order valence-electron chi connectivity index (χ4n) is 4.01. The molecule has 9 heteroatoms. The first-order chi connectivity index (χ1) is 13.5. The minimum Gasteiger partial charge on any atom is -0.481 e. The van der Waals surface area contributed by atoms with Crippen LogP contribution < -0.4 is 25.8 Å². The number of hydrogen-bond donors (Lipinski definition) is 0. The van der Waals surface area contributed by atoms with Crippen molar-refractivity contribution in [3.8, 4) is 5.88 Å². The number of piperidine rings is 1. The summed E-state index contributed by atoms with van der Waals surface area (Å²) in [6, 6.07) is 4.33. The van der Waals surface area contributed by atoms with Gasteiger partial charge in [-0.2, -0.15) is 0 Å². The largest absolute Gasteiger partial charge is 0.481 e. The minimum absolute atomic E-state index is 0.270. The van der Waals surface area contributed by atoms with Gasteiger partial charge in [0.25, 0.3) is 5.56 Å². The molecule has 1 aliphatic heterocycles. The standard InChI is InChI=1S/C19H26N6O3/c1-22-17(11-18(26)23(2)19(22)27)24-8-6-14(7-9-24)25(13-4-5-13)15-10-16(28-3)21-12-20-15/h10-14H,4-9H2,1-3H3. The van der Waals surface area contributed by atoms with Gasteiger partial charge in [-0.1, -0.05) is 0 Å². The molecule has 1 saturated carbocycles. The fourth-order valence-corrected chi connectivity index (χ4v) is 4.01. The van der Waals surface area contributed by atoms with E-state index in [1.807, 2.05) is 6.07 Å². The zero-order valence-electron chi connectivity index (χ0n) is 16.5. The lowest BCUT2D eigenvalue weighted by Crippen LogP contribution is -2.48. The molecule has 0 aromatic carbocycles. The molecule has 0 atom stereocenters. The van der Waals surface area contributed by atoms with Crippen LogP contribution in [-0.2, 0) is 14.1 Å². The van der Waals surface area contributed by atoms with E-state index < -0.39 is 0 Å². The topological polar surface area (TPSA) is 85.5 Å². The molecule has 1 aliphatic carbocycles. The summed E-state index contributed by atoms with van der Waals surface area (Å²) in [6.07, 6.45) is 5.78. The molecule has 3 heterocycles. The molecule has 1 saturated heterocycles. The quantitative estimate of drug-likeness (QED) is 0.741. The molecular weight excluding hydrogens is 360 g/mol. The molecule has 28 heavy (non-hydrogen) atoms. The van der Waals surface area contributed by atoms with Crippen LogP contribution in [0.5, 0.6) is 5.88 Å². The van der Waals surface area contributed by atoms with Crippen LogP contribution in [0, 0.1) is 0 Å². The summed E-state index contributed by atoms with van der Waals surface area (Å²) in [6.45, 7) is 1.58. The summed E-state index contributed by atoms with van der Waals surface area (Å²) in [5, 5.41) is 0. The van der Waals surface area contributed by atoms with Gasteiger partial charge in [-0.05, 0) is 25.7 Å². The van der Waals surface area contributed by atoms with Crippen molar-refractivity contribution in [2.24, 2.45) is 14.1 Å².